The van der Waals surface area contributed by atoms with Gasteiger partial charge in [-0.05, 0) is 12.5 Å². The molecule has 0 atom stereocenters. The van der Waals surface area contributed by atoms with Crippen LogP contribution in [0.3, 0.4) is 0 Å². The largest absolute Gasteiger partial charge is 0.466 e. The quantitative estimate of drug-likeness (QED) is 0.560. The van der Waals surface area contributed by atoms with E-state index in [1.807, 2.05) is 0 Å². The molecule has 0 radical (unpaired) electrons. The molecule has 1 aromatic rings. The SMILES string of the molecule is CCOC(=O)Cc1ccc([N+](C)=O)cc1. The predicted octanol–water partition coefficient (Wildman–Crippen LogP) is 1.83. The van der Waals surface area contributed by atoms with E-state index in [-0.39, 0.29) is 12.4 Å². The first kappa shape index (κ1) is 11.4. The van der Waals surface area contributed by atoms with E-state index in [0.29, 0.717) is 12.3 Å². The second-order valence-corrected chi connectivity index (χ2v) is 3.15. The molecule has 0 spiro atoms. The van der Waals surface area contributed by atoms with E-state index >= 15 is 0 Å². The third kappa shape index (κ3) is 3.50. The van der Waals surface area contributed by atoms with Gasteiger partial charge in [-0.1, -0.05) is 12.1 Å². The first-order valence-electron chi connectivity index (χ1n) is 4.79. The summed E-state index contributed by atoms with van der Waals surface area (Å²) in [5.74, 6) is -0.249. The Hall–Kier alpha value is -1.71. The summed E-state index contributed by atoms with van der Waals surface area (Å²) in [4.78, 5) is 22.0. The van der Waals surface area contributed by atoms with Crippen molar-refractivity contribution in [3.05, 3.63) is 34.7 Å². The van der Waals surface area contributed by atoms with Gasteiger partial charge in [-0.25, -0.2) is 0 Å². The molecule has 80 valence electrons. The highest BCUT2D eigenvalue weighted by atomic mass is 16.5. The fraction of sp³-hybridized carbons (Fsp3) is 0.364. The topological polar surface area (TPSA) is 46.4 Å². The number of nitrogens with zero attached hydrogens (tertiary/aromatic N) is 1. The average molecular weight is 208 g/mol. The lowest BCUT2D eigenvalue weighted by Gasteiger charge is -2.00. The van der Waals surface area contributed by atoms with Crippen molar-refractivity contribution in [1.29, 1.82) is 0 Å². The fourth-order valence-electron chi connectivity index (χ4n) is 1.20. The summed E-state index contributed by atoms with van der Waals surface area (Å²) >= 11 is 0. The molecule has 15 heavy (non-hydrogen) atoms. The van der Waals surface area contributed by atoms with Crippen LogP contribution in [-0.2, 0) is 16.0 Å². The number of carbonyl (C=O) groups is 1. The monoisotopic (exact) mass is 208 g/mol. The maximum absolute atomic E-state index is 11.1. The molecule has 0 aliphatic rings. The van der Waals surface area contributed by atoms with Gasteiger partial charge >= 0.3 is 5.97 Å². The first-order chi connectivity index (χ1) is 7.13. The zero-order valence-electron chi connectivity index (χ0n) is 8.90. The summed E-state index contributed by atoms with van der Waals surface area (Å²) in [6, 6.07) is 6.87. The Bertz CT molecular complexity index is 357. The summed E-state index contributed by atoms with van der Waals surface area (Å²) < 4.78 is 5.58. The number of carbonyl (C=O) groups excluding carboxylic acids is 1. The molecule has 0 fully saturated rings. The average Bonchev–Trinajstić information content (AvgIpc) is 2.18. The van der Waals surface area contributed by atoms with E-state index in [1.165, 1.54) is 7.05 Å². The number of nitroso groups, excluding NO2 is 1. The molecule has 0 aromatic heterocycles. The molecule has 0 saturated heterocycles. The third-order valence-corrected chi connectivity index (χ3v) is 1.95. The Morgan fingerprint density at radius 3 is 2.40 bits per heavy atom. The van der Waals surface area contributed by atoms with Gasteiger partial charge in [-0.2, -0.15) is 0 Å². The van der Waals surface area contributed by atoms with E-state index in [1.54, 1.807) is 31.2 Å². The van der Waals surface area contributed by atoms with Gasteiger partial charge in [0.2, 0.25) is 0 Å². The van der Waals surface area contributed by atoms with Crippen LogP contribution in [0.25, 0.3) is 0 Å². The Balaban J connectivity index is 2.64. The molecule has 0 unspecified atom stereocenters. The van der Waals surface area contributed by atoms with Crippen molar-refractivity contribution in [3.63, 3.8) is 0 Å². The van der Waals surface area contributed by atoms with Gasteiger partial charge < -0.3 is 4.74 Å². The molecular formula is C11H14NO3+. The summed E-state index contributed by atoms with van der Waals surface area (Å²) in [6.45, 7) is 2.16. The summed E-state index contributed by atoms with van der Waals surface area (Å²) in [5, 5.41) is 0. The van der Waals surface area contributed by atoms with Crippen LogP contribution in [-0.4, -0.2) is 24.4 Å². The Labute approximate surface area is 88.4 Å². The number of esters is 1. The van der Waals surface area contributed by atoms with E-state index in [9.17, 15) is 9.70 Å². The van der Waals surface area contributed by atoms with Gasteiger partial charge in [0.05, 0.1) is 13.0 Å². The molecule has 0 aliphatic carbocycles. The van der Waals surface area contributed by atoms with E-state index < -0.39 is 0 Å². The standard InChI is InChI=1S/C11H14NO3/c1-3-15-11(13)8-9-4-6-10(7-5-9)12(2)14/h4-7H,3,8H2,1-2H3/q+1. The number of hydrogen-bond donors (Lipinski definition) is 0. The molecule has 0 heterocycles. The van der Waals surface area contributed by atoms with Gasteiger partial charge in [0.1, 0.15) is 0 Å². The van der Waals surface area contributed by atoms with Crippen molar-refractivity contribution in [2.45, 2.75) is 13.3 Å². The molecule has 0 bridgehead atoms. The summed E-state index contributed by atoms with van der Waals surface area (Å²) in [7, 11) is 1.43. The lowest BCUT2D eigenvalue weighted by Crippen LogP contribution is -2.07. The minimum absolute atomic E-state index is 0.247. The molecule has 4 nitrogen and oxygen atoms in total. The molecule has 0 aliphatic heterocycles. The minimum atomic E-state index is -0.249. The Morgan fingerprint density at radius 2 is 1.93 bits per heavy atom. The van der Waals surface area contributed by atoms with Crippen LogP contribution in [0.15, 0.2) is 24.3 Å². The van der Waals surface area contributed by atoms with Crippen LogP contribution in [0.1, 0.15) is 12.5 Å². The van der Waals surface area contributed by atoms with E-state index in [2.05, 4.69) is 0 Å². The van der Waals surface area contributed by atoms with Gasteiger partial charge in [0.15, 0.2) is 7.05 Å². The van der Waals surface area contributed by atoms with Crippen LogP contribution in [0.5, 0.6) is 0 Å². The molecular weight excluding hydrogens is 194 g/mol. The third-order valence-electron chi connectivity index (χ3n) is 1.95. The van der Waals surface area contributed by atoms with Crippen molar-refractivity contribution in [3.8, 4) is 0 Å². The molecule has 0 N–H and O–H groups in total. The molecule has 1 rings (SSSR count). The highest BCUT2D eigenvalue weighted by Gasteiger charge is 2.08. The molecule has 0 saturated carbocycles. The highest BCUT2D eigenvalue weighted by molar-refractivity contribution is 5.72. The predicted molar refractivity (Wildman–Crippen MR) is 56.0 cm³/mol. The molecule has 1 aromatic carbocycles. The van der Waals surface area contributed by atoms with Crippen molar-refractivity contribution in [1.82, 2.24) is 0 Å². The lowest BCUT2D eigenvalue weighted by molar-refractivity contribution is -0.428. The number of hydrogen-bond acceptors (Lipinski definition) is 3. The molecule has 0 amide bonds. The number of rotatable bonds is 4. The van der Waals surface area contributed by atoms with Crippen LogP contribution in [0.2, 0.25) is 0 Å². The van der Waals surface area contributed by atoms with Crippen molar-refractivity contribution in [2.75, 3.05) is 13.7 Å². The summed E-state index contributed by atoms with van der Waals surface area (Å²) in [5.41, 5.74) is 1.42. The second-order valence-electron chi connectivity index (χ2n) is 3.15. The normalized spacial score (nSPS) is 9.73. The van der Waals surface area contributed by atoms with Gasteiger partial charge in [-0.3, -0.25) is 4.79 Å². The lowest BCUT2D eigenvalue weighted by atomic mass is 10.1. The van der Waals surface area contributed by atoms with Crippen LogP contribution in [0, 0.1) is 4.91 Å². The summed E-state index contributed by atoms with van der Waals surface area (Å²) in [6.07, 6.45) is 0.247. The van der Waals surface area contributed by atoms with E-state index in [4.69, 9.17) is 4.74 Å². The van der Waals surface area contributed by atoms with Gasteiger partial charge in [-0.15, -0.1) is 0 Å². The van der Waals surface area contributed by atoms with Crippen LogP contribution < -0.4 is 0 Å². The first-order valence-corrected chi connectivity index (χ1v) is 4.79. The van der Waals surface area contributed by atoms with Crippen LogP contribution >= 0.6 is 0 Å². The zero-order valence-corrected chi connectivity index (χ0v) is 8.90. The minimum Gasteiger partial charge on any atom is -0.466 e. The molecule has 4 heteroatoms. The van der Waals surface area contributed by atoms with Crippen molar-refractivity contribution in [2.24, 2.45) is 0 Å². The maximum Gasteiger partial charge on any atom is 0.310 e. The highest BCUT2D eigenvalue weighted by Crippen LogP contribution is 2.11. The van der Waals surface area contributed by atoms with Gasteiger partial charge in [0.25, 0.3) is 5.69 Å². The smallest absolute Gasteiger partial charge is 0.310 e. The number of benzene rings is 1. The van der Waals surface area contributed by atoms with Crippen molar-refractivity contribution >= 4 is 11.7 Å². The van der Waals surface area contributed by atoms with E-state index in [0.717, 1.165) is 10.3 Å². The Morgan fingerprint density at radius 1 is 1.33 bits per heavy atom. The zero-order chi connectivity index (χ0) is 11.3. The number of ether oxygens (including phenoxy) is 1. The maximum atomic E-state index is 11.1. The van der Waals surface area contributed by atoms with Gasteiger partial charge in [0, 0.05) is 21.8 Å². The fourth-order valence-corrected chi connectivity index (χ4v) is 1.20. The van der Waals surface area contributed by atoms with Crippen LogP contribution in [0.4, 0.5) is 5.69 Å². The van der Waals surface area contributed by atoms with Crippen molar-refractivity contribution < 1.29 is 14.3 Å². The second kappa shape index (κ2) is 5.24. The Kier molecular flexibility index (Phi) is 3.97.